The smallest absolute Gasteiger partial charge is 0.254 e. The zero-order valence-corrected chi connectivity index (χ0v) is 11.0. The van der Waals surface area contributed by atoms with Gasteiger partial charge >= 0.3 is 0 Å². The number of nitrogens with zero attached hydrogens (tertiary/aromatic N) is 1. The van der Waals surface area contributed by atoms with Crippen LogP contribution in [0.3, 0.4) is 0 Å². The number of thiol groups is 1. The van der Waals surface area contributed by atoms with E-state index in [0.717, 1.165) is 4.90 Å². The molecule has 2 unspecified atom stereocenters. The number of amides is 1. The molecule has 0 radical (unpaired) electrons. The van der Waals surface area contributed by atoms with Crippen LogP contribution in [-0.2, 0) is 4.74 Å². The second kappa shape index (κ2) is 5.10. The van der Waals surface area contributed by atoms with Crippen LogP contribution in [-0.4, -0.2) is 36.1 Å². The van der Waals surface area contributed by atoms with E-state index in [1.165, 1.54) is 0 Å². The van der Waals surface area contributed by atoms with Crippen molar-refractivity contribution in [2.45, 2.75) is 30.9 Å². The normalized spacial score (nSPS) is 24.8. The zero-order chi connectivity index (χ0) is 12.4. The van der Waals surface area contributed by atoms with Crippen LogP contribution in [0.15, 0.2) is 29.2 Å². The van der Waals surface area contributed by atoms with E-state index in [9.17, 15) is 4.79 Å². The topological polar surface area (TPSA) is 29.5 Å². The molecular formula is C13H17NO2S. The van der Waals surface area contributed by atoms with E-state index in [4.69, 9.17) is 4.74 Å². The van der Waals surface area contributed by atoms with E-state index in [1.807, 2.05) is 43.0 Å². The number of hydrogen-bond donors (Lipinski definition) is 1. The monoisotopic (exact) mass is 251 g/mol. The summed E-state index contributed by atoms with van der Waals surface area (Å²) in [4.78, 5) is 15.1. The van der Waals surface area contributed by atoms with Crippen LogP contribution in [0, 0.1) is 0 Å². The van der Waals surface area contributed by atoms with Gasteiger partial charge in [0.05, 0.1) is 18.8 Å². The lowest BCUT2D eigenvalue weighted by atomic mass is 10.1. The van der Waals surface area contributed by atoms with Crippen molar-refractivity contribution in [1.82, 2.24) is 4.90 Å². The van der Waals surface area contributed by atoms with Gasteiger partial charge in [0.1, 0.15) is 0 Å². The van der Waals surface area contributed by atoms with Gasteiger partial charge in [0.2, 0.25) is 0 Å². The Morgan fingerprint density at radius 1 is 1.35 bits per heavy atom. The first kappa shape index (κ1) is 12.5. The first-order valence-corrected chi connectivity index (χ1v) is 6.24. The quantitative estimate of drug-likeness (QED) is 0.776. The maximum absolute atomic E-state index is 12.3. The highest BCUT2D eigenvalue weighted by Gasteiger charge is 2.27. The number of carbonyl (C=O) groups is 1. The average Bonchev–Trinajstić information content (AvgIpc) is 2.32. The first-order valence-electron chi connectivity index (χ1n) is 5.79. The molecule has 0 bridgehead atoms. The van der Waals surface area contributed by atoms with Crippen LogP contribution < -0.4 is 0 Å². The molecule has 0 aromatic heterocycles. The molecule has 0 saturated carbocycles. The third-order valence-electron chi connectivity index (χ3n) is 2.98. The lowest BCUT2D eigenvalue weighted by molar-refractivity contribution is -0.0387. The van der Waals surface area contributed by atoms with Crippen molar-refractivity contribution in [1.29, 1.82) is 0 Å². The van der Waals surface area contributed by atoms with Crippen molar-refractivity contribution in [3.05, 3.63) is 29.8 Å². The molecule has 17 heavy (non-hydrogen) atoms. The molecule has 3 nitrogen and oxygen atoms in total. The summed E-state index contributed by atoms with van der Waals surface area (Å²) < 4.78 is 5.52. The number of carbonyl (C=O) groups excluding carboxylic acids is 1. The molecule has 1 heterocycles. The van der Waals surface area contributed by atoms with E-state index in [-0.39, 0.29) is 18.1 Å². The molecular weight excluding hydrogens is 234 g/mol. The maximum atomic E-state index is 12.3. The van der Waals surface area contributed by atoms with Crippen molar-refractivity contribution in [3.8, 4) is 0 Å². The fourth-order valence-electron chi connectivity index (χ4n) is 1.96. The van der Waals surface area contributed by atoms with E-state index >= 15 is 0 Å². The second-order valence-electron chi connectivity index (χ2n) is 4.50. The fourth-order valence-corrected chi connectivity index (χ4v) is 2.11. The summed E-state index contributed by atoms with van der Waals surface area (Å²) >= 11 is 4.21. The summed E-state index contributed by atoms with van der Waals surface area (Å²) in [5, 5.41) is 0. The molecule has 1 aromatic carbocycles. The Kier molecular flexibility index (Phi) is 3.74. The third kappa shape index (κ3) is 2.82. The molecule has 0 aliphatic carbocycles. The minimum absolute atomic E-state index is 0.0704. The number of morpholine rings is 1. The Morgan fingerprint density at radius 2 is 2.00 bits per heavy atom. The van der Waals surface area contributed by atoms with Crippen molar-refractivity contribution in [2.75, 3.05) is 13.2 Å². The average molecular weight is 251 g/mol. The van der Waals surface area contributed by atoms with Gasteiger partial charge in [-0.05, 0) is 38.1 Å². The van der Waals surface area contributed by atoms with Crippen LogP contribution in [0.25, 0.3) is 0 Å². The highest BCUT2D eigenvalue weighted by Crippen LogP contribution is 2.16. The lowest BCUT2D eigenvalue weighted by Gasteiger charge is -2.36. The molecule has 0 spiro atoms. The zero-order valence-electron chi connectivity index (χ0n) is 10.1. The van der Waals surface area contributed by atoms with Crippen molar-refractivity contribution < 1.29 is 9.53 Å². The molecule has 1 fully saturated rings. The van der Waals surface area contributed by atoms with E-state index in [2.05, 4.69) is 12.6 Å². The summed E-state index contributed by atoms with van der Waals surface area (Å²) in [5.74, 6) is 0.0704. The van der Waals surface area contributed by atoms with Gasteiger partial charge < -0.3 is 9.64 Å². The standard InChI is InChI=1S/C13H17NO2S/c1-9-8-16-10(2)7-14(9)13(15)11-3-5-12(17)6-4-11/h3-6,9-10,17H,7-8H2,1-2H3. The summed E-state index contributed by atoms with van der Waals surface area (Å²) in [5.41, 5.74) is 0.712. The molecule has 1 amide bonds. The second-order valence-corrected chi connectivity index (χ2v) is 5.01. The predicted molar refractivity (Wildman–Crippen MR) is 69.6 cm³/mol. The lowest BCUT2D eigenvalue weighted by Crippen LogP contribution is -2.50. The first-order chi connectivity index (χ1) is 8.08. The van der Waals surface area contributed by atoms with Gasteiger partial charge in [-0.3, -0.25) is 4.79 Å². The van der Waals surface area contributed by atoms with Crippen molar-refractivity contribution in [2.24, 2.45) is 0 Å². The van der Waals surface area contributed by atoms with E-state index in [0.29, 0.717) is 18.7 Å². The fraction of sp³-hybridized carbons (Fsp3) is 0.462. The molecule has 92 valence electrons. The molecule has 2 rings (SSSR count). The Hall–Kier alpha value is -1.00. The molecule has 1 aromatic rings. The summed E-state index contributed by atoms with van der Waals surface area (Å²) in [6.07, 6.45) is 0.110. The molecule has 0 N–H and O–H groups in total. The van der Waals surface area contributed by atoms with Crippen molar-refractivity contribution >= 4 is 18.5 Å². The number of rotatable bonds is 1. The number of ether oxygens (including phenoxy) is 1. The van der Waals surface area contributed by atoms with Crippen LogP contribution in [0.4, 0.5) is 0 Å². The van der Waals surface area contributed by atoms with E-state index < -0.39 is 0 Å². The molecule has 1 aliphatic heterocycles. The SMILES string of the molecule is CC1CN(C(=O)c2ccc(S)cc2)C(C)CO1. The van der Waals surface area contributed by atoms with Gasteiger partial charge in [0.15, 0.2) is 0 Å². The van der Waals surface area contributed by atoms with E-state index in [1.54, 1.807) is 0 Å². The Balaban J connectivity index is 2.15. The van der Waals surface area contributed by atoms with Crippen LogP contribution in [0.5, 0.6) is 0 Å². The Labute approximate surface area is 107 Å². The Bertz CT molecular complexity index is 404. The molecule has 1 saturated heterocycles. The number of benzene rings is 1. The third-order valence-corrected chi connectivity index (χ3v) is 3.28. The largest absolute Gasteiger partial charge is 0.375 e. The summed E-state index contributed by atoms with van der Waals surface area (Å²) in [6, 6.07) is 7.44. The Morgan fingerprint density at radius 3 is 2.65 bits per heavy atom. The predicted octanol–water partition coefficient (Wildman–Crippen LogP) is 2.22. The molecule has 1 aliphatic rings. The van der Waals surface area contributed by atoms with Crippen molar-refractivity contribution in [3.63, 3.8) is 0 Å². The summed E-state index contributed by atoms with van der Waals surface area (Å²) in [7, 11) is 0. The van der Waals surface area contributed by atoms with Gasteiger partial charge in [-0.1, -0.05) is 0 Å². The van der Waals surface area contributed by atoms with Gasteiger partial charge in [0.25, 0.3) is 5.91 Å². The maximum Gasteiger partial charge on any atom is 0.254 e. The van der Waals surface area contributed by atoms with Gasteiger partial charge in [-0.2, -0.15) is 0 Å². The summed E-state index contributed by atoms with van der Waals surface area (Å²) in [6.45, 7) is 5.26. The van der Waals surface area contributed by atoms with Gasteiger partial charge in [0, 0.05) is 17.0 Å². The van der Waals surface area contributed by atoms with Crippen LogP contribution in [0.2, 0.25) is 0 Å². The van der Waals surface area contributed by atoms with Crippen LogP contribution in [0.1, 0.15) is 24.2 Å². The van der Waals surface area contributed by atoms with Gasteiger partial charge in [-0.25, -0.2) is 0 Å². The molecule has 4 heteroatoms. The minimum Gasteiger partial charge on any atom is -0.375 e. The minimum atomic E-state index is 0.0704. The highest BCUT2D eigenvalue weighted by molar-refractivity contribution is 7.80. The number of hydrogen-bond acceptors (Lipinski definition) is 3. The highest BCUT2D eigenvalue weighted by atomic mass is 32.1. The van der Waals surface area contributed by atoms with Gasteiger partial charge in [-0.15, -0.1) is 12.6 Å². The molecule has 2 atom stereocenters. The van der Waals surface area contributed by atoms with Crippen LogP contribution >= 0.6 is 12.6 Å².